The number of hydrogen-bond donors (Lipinski definition) is 1. The summed E-state index contributed by atoms with van der Waals surface area (Å²) >= 11 is 0. The van der Waals surface area contributed by atoms with Gasteiger partial charge in [0, 0.05) is 13.1 Å². The lowest BCUT2D eigenvalue weighted by Crippen LogP contribution is -2.43. The highest BCUT2D eigenvalue weighted by Gasteiger charge is 2.52. The van der Waals surface area contributed by atoms with Gasteiger partial charge < -0.3 is 10.0 Å². The Morgan fingerprint density at radius 2 is 1.89 bits per heavy atom. The number of carboxylic acid groups (broad SMARTS) is 1. The zero-order chi connectivity index (χ0) is 14.2. The van der Waals surface area contributed by atoms with Crippen molar-refractivity contribution >= 4 is 11.9 Å². The van der Waals surface area contributed by atoms with Gasteiger partial charge in [-0.1, -0.05) is 24.3 Å². The zero-order valence-corrected chi connectivity index (χ0v) is 11.5. The van der Waals surface area contributed by atoms with Gasteiger partial charge in [0.05, 0.1) is 11.8 Å². The Morgan fingerprint density at radius 1 is 1.32 bits per heavy atom. The number of carboxylic acids is 1. The highest BCUT2D eigenvalue weighted by Crippen LogP contribution is 2.48. The standard InChI is InChI=1S/C15H21NO3/c1-4-16(8-9(2)3)14(17)12-10-5-6-11(7-10)13(12)15(18)19/h5-6,10-13H,2,4,7-8H2,1,3H3,(H,18,19)/t10?,11?,12-,13+/m0/s1. The number of amides is 1. The van der Waals surface area contributed by atoms with E-state index < -0.39 is 17.8 Å². The third-order valence-electron chi connectivity index (χ3n) is 4.18. The maximum atomic E-state index is 12.6. The summed E-state index contributed by atoms with van der Waals surface area (Å²) in [6, 6.07) is 0. The molecule has 0 radical (unpaired) electrons. The second-order valence-corrected chi connectivity index (χ2v) is 5.65. The summed E-state index contributed by atoms with van der Waals surface area (Å²) in [6.45, 7) is 8.73. The van der Waals surface area contributed by atoms with Crippen molar-refractivity contribution in [3.05, 3.63) is 24.3 Å². The molecule has 1 saturated carbocycles. The summed E-state index contributed by atoms with van der Waals surface area (Å²) in [6.07, 6.45) is 4.78. The summed E-state index contributed by atoms with van der Waals surface area (Å²) in [5.74, 6) is -1.71. The number of hydrogen-bond acceptors (Lipinski definition) is 2. The van der Waals surface area contributed by atoms with E-state index in [-0.39, 0.29) is 17.7 Å². The van der Waals surface area contributed by atoms with Gasteiger partial charge in [0.2, 0.25) is 5.91 Å². The second-order valence-electron chi connectivity index (χ2n) is 5.65. The molecule has 19 heavy (non-hydrogen) atoms. The Labute approximate surface area is 113 Å². The van der Waals surface area contributed by atoms with E-state index >= 15 is 0 Å². The monoisotopic (exact) mass is 263 g/mol. The number of fused-ring (bicyclic) bond motifs is 2. The third-order valence-corrected chi connectivity index (χ3v) is 4.18. The lowest BCUT2D eigenvalue weighted by Gasteiger charge is -2.30. The van der Waals surface area contributed by atoms with E-state index in [2.05, 4.69) is 6.58 Å². The fourth-order valence-electron chi connectivity index (χ4n) is 3.38. The van der Waals surface area contributed by atoms with Gasteiger partial charge in [0.25, 0.3) is 0 Å². The number of carbonyl (C=O) groups is 2. The molecule has 4 atom stereocenters. The molecule has 1 N–H and O–H groups in total. The average Bonchev–Trinajstić information content (AvgIpc) is 2.94. The Hall–Kier alpha value is -1.58. The first-order chi connectivity index (χ1) is 8.95. The van der Waals surface area contributed by atoms with E-state index in [0.29, 0.717) is 13.1 Å². The first kappa shape index (κ1) is 13.8. The fourth-order valence-corrected chi connectivity index (χ4v) is 3.38. The molecule has 4 heteroatoms. The highest BCUT2D eigenvalue weighted by molar-refractivity contribution is 5.87. The number of allylic oxidation sites excluding steroid dienone is 2. The van der Waals surface area contributed by atoms with Crippen LogP contribution in [0.3, 0.4) is 0 Å². The van der Waals surface area contributed by atoms with Crippen LogP contribution in [0.5, 0.6) is 0 Å². The Morgan fingerprint density at radius 3 is 2.37 bits per heavy atom. The molecule has 0 heterocycles. The van der Waals surface area contributed by atoms with E-state index in [1.807, 2.05) is 26.0 Å². The van der Waals surface area contributed by atoms with Crippen LogP contribution in [0.1, 0.15) is 20.3 Å². The molecule has 2 aliphatic carbocycles. The van der Waals surface area contributed by atoms with Gasteiger partial charge in [0.15, 0.2) is 0 Å². The number of aliphatic carboxylic acids is 1. The lowest BCUT2D eigenvalue weighted by molar-refractivity contribution is -0.150. The van der Waals surface area contributed by atoms with E-state index in [0.717, 1.165) is 12.0 Å². The zero-order valence-electron chi connectivity index (χ0n) is 11.5. The molecule has 0 saturated heterocycles. The summed E-state index contributed by atoms with van der Waals surface area (Å²) < 4.78 is 0. The minimum absolute atomic E-state index is 0.0278. The first-order valence-electron chi connectivity index (χ1n) is 6.80. The summed E-state index contributed by atoms with van der Waals surface area (Å²) in [5.41, 5.74) is 0.917. The molecule has 104 valence electrons. The molecule has 2 unspecified atom stereocenters. The lowest BCUT2D eigenvalue weighted by atomic mass is 9.82. The van der Waals surface area contributed by atoms with Crippen LogP contribution >= 0.6 is 0 Å². The van der Waals surface area contributed by atoms with Crippen LogP contribution in [0.25, 0.3) is 0 Å². The Kier molecular flexibility index (Phi) is 3.78. The van der Waals surface area contributed by atoms with Gasteiger partial charge in [-0.3, -0.25) is 9.59 Å². The summed E-state index contributed by atoms with van der Waals surface area (Å²) in [4.78, 5) is 25.7. The molecule has 0 aromatic heterocycles. The van der Waals surface area contributed by atoms with Crippen LogP contribution in [0.15, 0.2) is 24.3 Å². The topological polar surface area (TPSA) is 57.6 Å². The Bertz CT molecular complexity index is 441. The van der Waals surface area contributed by atoms with Crippen molar-refractivity contribution in [3.63, 3.8) is 0 Å². The van der Waals surface area contributed by atoms with Crippen LogP contribution in [-0.4, -0.2) is 35.0 Å². The Balaban J connectivity index is 2.19. The van der Waals surface area contributed by atoms with Gasteiger partial charge in [0.1, 0.15) is 0 Å². The van der Waals surface area contributed by atoms with Crippen molar-refractivity contribution in [2.24, 2.45) is 23.7 Å². The molecule has 2 bridgehead atoms. The predicted molar refractivity (Wildman–Crippen MR) is 72.4 cm³/mol. The maximum Gasteiger partial charge on any atom is 0.307 e. The van der Waals surface area contributed by atoms with E-state index in [1.54, 1.807) is 4.90 Å². The minimum atomic E-state index is -0.846. The number of rotatable bonds is 5. The van der Waals surface area contributed by atoms with Crippen LogP contribution in [0, 0.1) is 23.7 Å². The average molecular weight is 263 g/mol. The molecule has 1 amide bonds. The van der Waals surface area contributed by atoms with Crippen molar-refractivity contribution < 1.29 is 14.7 Å². The molecule has 0 aliphatic heterocycles. The van der Waals surface area contributed by atoms with Crippen LogP contribution in [-0.2, 0) is 9.59 Å². The van der Waals surface area contributed by atoms with Gasteiger partial charge in [-0.05, 0) is 32.1 Å². The maximum absolute atomic E-state index is 12.6. The molecule has 2 aliphatic rings. The number of carbonyl (C=O) groups excluding carboxylic acids is 1. The number of nitrogens with zero attached hydrogens (tertiary/aromatic N) is 1. The molecule has 0 aromatic rings. The normalized spacial score (nSPS) is 31.5. The fraction of sp³-hybridized carbons (Fsp3) is 0.600. The molecular formula is C15H21NO3. The molecule has 0 aromatic carbocycles. The predicted octanol–water partition coefficient (Wildman–Crippen LogP) is 1.93. The van der Waals surface area contributed by atoms with E-state index in [1.165, 1.54) is 0 Å². The minimum Gasteiger partial charge on any atom is -0.481 e. The van der Waals surface area contributed by atoms with Crippen molar-refractivity contribution in [1.29, 1.82) is 0 Å². The van der Waals surface area contributed by atoms with Crippen molar-refractivity contribution in [1.82, 2.24) is 4.90 Å². The van der Waals surface area contributed by atoms with Crippen molar-refractivity contribution in [2.75, 3.05) is 13.1 Å². The molecular weight excluding hydrogens is 242 g/mol. The quantitative estimate of drug-likeness (QED) is 0.771. The first-order valence-corrected chi connectivity index (χ1v) is 6.80. The molecule has 2 rings (SSSR count). The smallest absolute Gasteiger partial charge is 0.307 e. The molecule has 1 fully saturated rings. The SMILES string of the molecule is C=C(C)CN(CC)C(=O)[C@H]1C2C=CC(C2)[C@H]1C(=O)O. The van der Waals surface area contributed by atoms with Gasteiger partial charge >= 0.3 is 5.97 Å². The van der Waals surface area contributed by atoms with Crippen molar-refractivity contribution in [3.8, 4) is 0 Å². The molecule has 4 nitrogen and oxygen atoms in total. The second kappa shape index (κ2) is 5.19. The van der Waals surface area contributed by atoms with E-state index in [4.69, 9.17) is 0 Å². The highest BCUT2D eigenvalue weighted by atomic mass is 16.4. The number of likely N-dealkylation sites (N-methyl/N-ethyl adjacent to an activating group) is 1. The summed E-state index contributed by atoms with van der Waals surface area (Å²) in [5, 5.41) is 9.37. The van der Waals surface area contributed by atoms with Gasteiger partial charge in [-0.25, -0.2) is 0 Å². The van der Waals surface area contributed by atoms with Crippen LogP contribution in [0.2, 0.25) is 0 Å². The van der Waals surface area contributed by atoms with Crippen LogP contribution < -0.4 is 0 Å². The van der Waals surface area contributed by atoms with Gasteiger partial charge in [-0.2, -0.15) is 0 Å². The largest absolute Gasteiger partial charge is 0.481 e. The van der Waals surface area contributed by atoms with Crippen molar-refractivity contribution in [2.45, 2.75) is 20.3 Å². The van der Waals surface area contributed by atoms with Crippen LogP contribution in [0.4, 0.5) is 0 Å². The summed E-state index contributed by atoms with van der Waals surface area (Å²) in [7, 11) is 0. The van der Waals surface area contributed by atoms with Gasteiger partial charge in [-0.15, -0.1) is 0 Å². The molecule has 0 spiro atoms. The van der Waals surface area contributed by atoms with E-state index in [9.17, 15) is 14.7 Å². The third kappa shape index (κ3) is 2.44.